The molecule has 0 aliphatic heterocycles. The third-order valence-corrected chi connectivity index (χ3v) is 4.93. The summed E-state index contributed by atoms with van der Waals surface area (Å²) in [6.45, 7) is 5.77. The fourth-order valence-electron chi connectivity index (χ4n) is 1.98. The Bertz CT molecular complexity index is 645. The minimum Gasteiger partial charge on any atom is -0.478 e. The number of hydrogen-bond donors (Lipinski definition) is 3. The molecule has 0 aromatic heterocycles. The lowest BCUT2D eigenvalue weighted by molar-refractivity contribution is 0.0696. The van der Waals surface area contributed by atoms with Crippen molar-refractivity contribution in [2.24, 2.45) is 0 Å². The number of hydrogen-bond acceptors (Lipinski definition) is 5. The Morgan fingerprint density at radius 1 is 1.30 bits per heavy atom. The predicted octanol–water partition coefficient (Wildman–Crippen LogP) is 1.91. The number of aromatic carboxylic acids is 1. The van der Waals surface area contributed by atoms with Crippen molar-refractivity contribution in [1.82, 2.24) is 4.72 Å². The van der Waals surface area contributed by atoms with Gasteiger partial charge in [0.05, 0.1) is 17.9 Å². The number of methoxy groups -OCH3 is 1. The van der Waals surface area contributed by atoms with Crippen molar-refractivity contribution >= 4 is 21.7 Å². The van der Waals surface area contributed by atoms with Gasteiger partial charge in [0.25, 0.3) is 0 Å². The fourth-order valence-corrected chi connectivity index (χ4v) is 3.40. The second-order valence-corrected chi connectivity index (χ2v) is 7.13. The van der Waals surface area contributed by atoms with Crippen LogP contribution >= 0.6 is 0 Å². The van der Waals surface area contributed by atoms with Gasteiger partial charge in [0, 0.05) is 19.2 Å². The molecule has 8 heteroatoms. The van der Waals surface area contributed by atoms with E-state index in [0.29, 0.717) is 5.69 Å². The van der Waals surface area contributed by atoms with Crippen LogP contribution in [0.5, 0.6) is 0 Å². The molecule has 0 radical (unpaired) electrons. The summed E-state index contributed by atoms with van der Waals surface area (Å²) in [5, 5.41) is 12.2. The normalized spacial score (nSPS) is 14.3. The van der Waals surface area contributed by atoms with Gasteiger partial charge < -0.3 is 15.2 Å². The molecule has 0 spiro atoms. The molecule has 1 aromatic rings. The molecule has 2 atom stereocenters. The monoisotopic (exact) mass is 344 g/mol. The number of carboxylic acid groups (broad SMARTS) is 1. The maximum Gasteiger partial charge on any atom is 0.335 e. The molecule has 23 heavy (non-hydrogen) atoms. The molecule has 0 amide bonds. The largest absolute Gasteiger partial charge is 0.478 e. The van der Waals surface area contributed by atoms with Crippen LogP contribution in [0.3, 0.4) is 0 Å². The summed E-state index contributed by atoms with van der Waals surface area (Å²) in [5.74, 6) is -1.18. The van der Waals surface area contributed by atoms with Gasteiger partial charge in [-0.05, 0) is 38.5 Å². The van der Waals surface area contributed by atoms with Crippen LogP contribution < -0.4 is 10.0 Å². The van der Waals surface area contributed by atoms with Crippen molar-refractivity contribution in [3.8, 4) is 0 Å². The summed E-state index contributed by atoms with van der Waals surface area (Å²) in [4.78, 5) is 11.1. The summed E-state index contributed by atoms with van der Waals surface area (Å²) in [6, 6.07) is 3.64. The molecule has 3 N–H and O–H groups in total. The minimum absolute atomic E-state index is 0.0519. The highest BCUT2D eigenvalue weighted by Crippen LogP contribution is 2.24. The van der Waals surface area contributed by atoms with Crippen LogP contribution in [-0.4, -0.2) is 45.3 Å². The van der Waals surface area contributed by atoms with Crippen LogP contribution in [0.1, 0.15) is 37.6 Å². The first-order valence-corrected chi connectivity index (χ1v) is 8.84. The van der Waals surface area contributed by atoms with E-state index in [1.807, 2.05) is 13.8 Å². The van der Waals surface area contributed by atoms with Crippen molar-refractivity contribution in [2.45, 2.75) is 44.2 Å². The van der Waals surface area contributed by atoms with Crippen LogP contribution in [0.15, 0.2) is 23.1 Å². The fraction of sp³-hybridized carbons (Fsp3) is 0.533. The van der Waals surface area contributed by atoms with Gasteiger partial charge in [-0.2, -0.15) is 0 Å². The number of ether oxygens (including phenoxy) is 1. The summed E-state index contributed by atoms with van der Waals surface area (Å²) in [6.07, 6.45) is 0.799. The molecule has 0 aliphatic carbocycles. The standard InChI is InChI=1S/C15H24N2O5S/c1-5-10(2)16-13-7-6-12(15(18)19)8-14(13)23(20,21)17-11(3)9-22-4/h6-8,10-11,16-17H,5,9H2,1-4H3,(H,18,19). The Morgan fingerprint density at radius 3 is 2.48 bits per heavy atom. The molecular formula is C15H24N2O5S. The van der Waals surface area contributed by atoms with Gasteiger partial charge in [0.15, 0.2) is 0 Å². The molecule has 1 aromatic carbocycles. The van der Waals surface area contributed by atoms with Crippen molar-refractivity contribution < 1.29 is 23.1 Å². The number of sulfonamides is 1. The zero-order valence-corrected chi connectivity index (χ0v) is 14.6. The number of carboxylic acids is 1. The van der Waals surface area contributed by atoms with Gasteiger partial charge in [-0.1, -0.05) is 6.92 Å². The van der Waals surface area contributed by atoms with Crippen LogP contribution in [0.25, 0.3) is 0 Å². The van der Waals surface area contributed by atoms with Gasteiger partial charge in [0.2, 0.25) is 10.0 Å². The van der Waals surface area contributed by atoms with Crippen molar-refractivity contribution in [2.75, 3.05) is 19.0 Å². The summed E-state index contributed by atoms with van der Waals surface area (Å²) >= 11 is 0. The SMILES string of the molecule is CCC(C)Nc1ccc(C(=O)O)cc1S(=O)(=O)NC(C)COC. The molecule has 0 fully saturated rings. The van der Waals surface area contributed by atoms with E-state index in [1.165, 1.54) is 19.2 Å². The van der Waals surface area contributed by atoms with E-state index in [0.717, 1.165) is 12.5 Å². The third kappa shape index (κ3) is 5.49. The molecule has 0 saturated heterocycles. The van der Waals surface area contributed by atoms with E-state index in [2.05, 4.69) is 10.0 Å². The summed E-state index contributed by atoms with van der Waals surface area (Å²) < 4.78 is 32.6. The van der Waals surface area contributed by atoms with Crippen LogP contribution in [-0.2, 0) is 14.8 Å². The Hall–Kier alpha value is -1.64. The lowest BCUT2D eigenvalue weighted by Crippen LogP contribution is -2.36. The zero-order chi connectivity index (χ0) is 17.6. The van der Waals surface area contributed by atoms with E-state index in [-0.39, 0.29) is 23.1 Å². The maximum atomic E-state index is 12.6. The number of rotatable bonds is 9. The Kier molecular flexibility index (Phi) is 6.99. The van der Waals surface area contributed by atoms with Crippen molar-refractivity contribution in [3.63, 3.8) is 0 Å². The van der Waals surface area contributed by atoms with Crippen molar-refractivity contribution in [3.05, 3.63) is 23.8 Å². The average Bonchev–Trinajstić information content (AvgIpc) is 2.46. The number of anilines is 1. The zero-order valence-electron chi connectivity index (χ0n) is 13.8. The van der Waals surface area contributed by atoms with E-state index >= 15 is 0 Å². The summed E-state index contributed by atoms with van der Waals surface area (Å²) in [7, 11) is -2.40. The van der Waals surface area contributed by atoms with Gasteiger partial charge in [-0.25, -0.2) is 17.9 Å². The predicted molar refractivity (Wildman–Crippen MR) is 88.4 cm³/mol. The highest BCUT2D eigenvalue weighted by molar-refractivity contribution is 7.89. The lowest BCUT2D eigenvalue weighted by atomic mass is 10.2. The van der Waals surface area contributed by atoms with E-state index < -0.39 is 22.0 Å². The van der Waals surface area contributed by atoms with Crippen LogP contribution in [0.4, 0.5) is 5.69 Å². The Labute approximate surface area is 137 Å². The van der Waals surface area contributed by atoms with Gasteiger partial charge in [-0.3, -0.25) is 0 Å². The number of benzene rings is 1. The number of nitrogens with one attached hydrogen (secondary N) is 2. The lowest BCUT2D eigenvalue weighted by Gasteiger charge is -2.19. The van der Waals surface area contributed by atoms with E-state index in [4.69, 9.17) is 9.84 Å². The molecule has 2 unspecified atom stereocenters. The molecule has 1 rings (SSSR count). The molecule has 0 heterocycles. The topological polar surface area (TPSA) is 105 Å². The summed E-state index contributed by atoms with van der Waals surface area (Å²) in [5.41, 5.74) is 0.293. The smallest absolute Gasteiger partial charge is 0.335 e. The molecule has 0 bridgehead atoms. The molecule has 0 aliphatic rings. The van der Waals surface area contributed by atoms with Crippen LogP contribution in [0.2, 0.25) is 0 Å². The molecule has 130 valence electrons. The Balaban J connectivity index is 3.27. The molecule has 7 nitrogen and oxygen atoms in total. The van der Waals surface area contributed by atoms with Gasteiger partial charge in [-0.15, -0.1) is 0 Å². The van der Waals surface area contributed by atoms with Gasteiger partial charge in [0.1, 0.15) is 4.90 Å². The first-order valence-electron chi connectivity index (χ1n) is 7.36. The Morgan fingerprint density at radius 2 is 1.96 bits per heavy atom. The average molecular weight is 344 g/mol. The van der Waals surface area contributed by atoms with E-state index in [9.17, 15) is 13.2 Å². The first kappa shape index (κ1) is 19.4. The van der Waals surface area contributed by atoms with Gasteiger partial charge >= 0.3 is 5.97 Å². The second-order valence-electron chi connectivity index (χ2n) is 5.45. The number of carbonyl (C=O) groups is 1. The first-order chi connectivity index (χ1) is 10.7. The van der Waals surface area contributed by atoms with E-state index in [1.54, 1.807) is 6.92 Å². The molecule has 0 saturated carbocycles. The van der Waals surface area contributed by atoms with Crippen molar-refractivity contribution in [1.29, 1.82) is 0 Å². The minimum atomic E-state index is -3.88. The quantitative estimate of drug-likeness (QED) is 0.632. The highest BCUT2D eigenvalue weighted by atomic mass is 32.2. The molecular weight excluding hydrogens is 320 g/mol. The van der Waals surface area contributed by atoms with Crippen LogP contribution in [0, 0.1) is 0 Å². The second kappa shape index (κ2) is 8.28. The third-order valence-electron chi connectivity index (χ3n) is 3.31. The maximum absolute atomic E-state index is 12.6. The highest BCUT2D eigenvalue weighted by Gasteiger charge is 2.23.